The second-order valence-corrected chi connectivity index (χ2v) is 14.2. The Morgan fingerprint density at radius 2 is 0.886 bits per heavy atom. The molecule has 264 valence electrons. The zero-order chi connectivity index (χ0) is 33.6. The van der Waals surface area contributed by atoms with E-state index in [0.717, 1.165) is 0 Å². The van der Waals surface area contributed by atoms with Gasteiger partial charge in [-0.15, -0.1) is 26.3 Å². The van der Waals surface area contributed by atoms with Gasteiger partial charge in [-0.3, -0.25) is 32.9 Å². The molecule has 1 aliphatic carbocycles. The molecule has 0 amide bonds. The van der Waals surface area contributed by atoms with Gasteiger partial charge in [0, 0.05) is 0 Å². The Morgan fingerprint density at radius 1 is 0.636 bits per heavy atom. The number of phosphoric acid groups is 4. The largest absolute Gasteiger partial charge is 3.00 e. The molecule has 0 spiro atoms. The first-order chi connectivity index (χ1) is 18.0. The summed E-state index contributed by atoms with van der Waals surface area (Å²) < 4.78 is 90.5. The van der Waals surface area contributed by atoms with Gasteiger partial charge in [0.1, 0.15) is 25.4 Å². The third-order valence-electron chi connectivity index (χ3n) is 4.00. The summed E-state index contributed by atoms with van der Waals surface area (Å²) in [5, 5.41) is 0. The van der Waals surface area contributed by atoms with E-state index in [2.05, 4.69) is 48.9 Å². The van der Waals surface area contributed by atoms with Crippen molar-refractivity contribution in [1.82, 2.24) is 0 Å². The number of hydrogen-bond acceptors (Lipinski definition) is 14. The molecule has 0 aliphatic heterocycles. The van der Waals surface area contributed by atoms with Crippen molar-refractivity contribution < 1.29 is 148 Å². The van der Waals surface area contributed by atoms with Gasteiger partial charge in [0.2, 0.25) is 6.10 Å². The molecule has 1 fully saturated rings. The minimum atomic E-state index is -6.27. The van der Waals surface area contributed by atoms with Crippen LogP contribution < -0.4 is 14.7 Å². The zero-order valence-corrected chi connectivity index (χ0v) is 29.2. The molecule has 44 heavy (non-hydrogen) atoms. The van der Waals surface area contributed by atoms with Crippen LogP contribution in [0.25, 0.3) is 0 Å². The summed E-state index contributed by atoms with van der Waals surface area (Å²) in [6, 6.07) is 0. The second-order valence-electron chi connectivity index (χ2n) is 6.75. The average molecular weight is 855 g/mol. The Balaban J connectivity index is -0.000000455. The molecule has 0 aromatic rings. The predicted octanol–water partition coefficient (Wildman–Crippen LogP) is -3.80. The Morgan fingerprint density at radius 3 is 1.11 bits per heavy atom. The quantitative estimate of drug-likeness (QED) is 0.0404. The van der Waals surface area contributed by atoms with E-state index in [1.165, 1.54) is 0 Å². The van der Waals surface area contributed by atoms with Crippen molar-refractivity contribution in [1.29, 1.82) is 0 Å². The fourth-order valence-electron chi connectivity index (χ4n) is 3.05. The van der Waals surface area contributed by atoms with Crippen LogP contribution in [0.3, 0.4) is 0 Å². The summed E-state index contributed by atoms with van der Waals surface area (Å²) >= 11 is 0. The van der Waals surface area contributed by atoms with Gasteiger partial charge in [0.15, 0.2) is 12.2 Å². The predicted molar refractivity (Wildman–Crippen MR) is 132 cm³/mol. The first-order valence-corrected chi connectivity index (χ1v) is 18.5. The van der Waals surface area contributed by atoms with Gasteiger partial charge in [0.25, 0.3) is 23.5 Å². The van der Waals surface area contributed by atoms with E-state index >= 15 is 0 Å². The molecule has 1 saturated carbocycles. The molecule has 0 saturated heterocycles. The molecule has 0 aromatic heterocycles. The topological polar surface area (TPSA) is 405 Å². The fraction of sp³-hybridized carbons (Fsp3) is 0.636. The standard InChI is InChI=1S/C7H20O24P6.2C2H4.Co.Li.Ni.H/c1-31(37(23,24)25)7-5(29-35(17,18)19)3(27-33(11,12)13)2(26-32(8,9)10)4(28-34(14,15)16)6(7)30-36(20,21)22;2*1-2;;;;/h2-7H,1H3,(H11-,8,9,10,11,12,13,14,15,16,17,18,19,20,21,22,23,24,25);2*1-2H2;;;;/q;;;+3;-1;+2;-1/p-1/t2?,3-,4?,5?,6+,7-;;;;;;/m1....../s1. The summed E-state index contributed by atoms with van der Waals surface area (Å²) in [6.07, 6.45) is -18.8. The van der Waals surface area contributed by atoms with Crippen molar-refractivity contribution in [3.63, 3.8) is 0 Å². The molecule has 0 heterocycles. The van der Waals surface area contributed by atoms with Crippen LogP contribution in [-0.2, 0) is 87.4 Å². The van der Waals surface area contributed by atoms with E-state index in [9.17, 15) is 66.5 Å². The van der Waals surface area contributed by atoms with Gasteiger partial charge >= 0.3 is 56.7 Å². The van der Waals surface area contributed by atoms with Crippen molar-refractivity contribution in [2.24, 2.45) is 0 Å². The molecule has 10 atom stereocenters. The van der Waals surface area contributed by atoms with Crippen molar-refractivity contribution in [3.05, 3.63) is 26.3 Å². The Bertz CT molecular complexity index is 1090. The average Bonchev–Trinajstić information content (AvgIpc) is 2.71. The summed E-state index contributed by atoms with van der Waals surface area (Å²) in [7, 11) is -36.3. The van der Waals surface area contributed by atoms with Crippen LogP contribution in [0, 0.1) is 0 Å². The molecule has 24 nitrogen and oxygen atoms in total. The van der Waals surface area contributed by atoms with E-state index < -0.39 is 83.6 Å². The van der Waals surface area contributed by atoms with Crippen LogP contribution in [0.1, 0.15) is 1.43 Å². The van der Waals surface area contributed by atoms with Crippen LogP contribution >= 0.6 is 46.9 Å². The normalized spacial score (nSPS) is 29.0. The van der Waals surface area contributed by atoms with Crippen LogP contribution in [-0.4, -0.2) is 107 Å². The van der Waals surface area contributed by atoms with Gasteiger partial charge in [-0.25, -0.2) is 9.09 Å². The van der Waals surface area contributed by atoms with E-state index in [-0.39, 0.29) is 60.7 Å². The monoisotopic (exact) mass is 854 g/mol. The summed E-state index contributed by atoms with van der Waals surface area (Å²) in [5.41, 5.74) is 0. The van der Waals surface area contributed by atoms with Gasteiger partial charge in [-0.05, 0) is 0 Å². The van der Waals surface area contributed by atoms with E-state index in [1.807, 2.05) is 0 Å². The van der Waals surface area contributed by atoms with E-state index in [4.69, 9.17) is 19.6 Å². The second kappa shape index (κ2) is 21.1. The van der Waals surface area contributed by atoms with Gasteiger partial charge in [-0.1, -0.05) is 0 Å². The van der Waals surface area contributed by atoms with Crippen LogP contribution in [0.5, 0.6) is 0 Å². The summed E-state index contributed by atoms with van der Waals surface area (Å²) in [4.78, 5) is 115. The van der Waals surface area contributed by atoms with Crippen LogP contribution in [0.4, 0.5) is 0 Å². The SMILES string of the molecule is C=C.C=C.C[O+]([C@@H]1C(OP(=O)(O)O)[C@H](OP(=O)([O-])O)C(OP(=O)(O)[OH2+])C(OP(=O)([O-])O)[C@@H]1OP(=O)([O-])O)P(=O)(O)O.[Co+3].[H-].[Li-].[Ni+2]. The summed E-state index contributed by atoms with van der Waals surface area (Å²) in [6.45, 7) is 12.0. The van der Waals surface area contributed by atoms with E-state index in [1.54, 1.807) is 0 Å². The van der Waals surface area contributed by atoms with Gasteiger partial charge in [0.05, 0.1) is 0 Å². The maximum atomic E-state index is 11.9. The van der Waals surface area contributed by atoms with Crippen LogP contribution in [0.2, 0.25) is 0 Å². The van der Waals surface area contributed by atoms with Gasteiger partial charge in [-0.2, -0.15) is 9.13 Å². The Hall–Kier alpha value is 1.74. The molecule has 7 unspecified atom stereocenters. The van der Waals surface area contributed by atoms with Crippen molar-refractivity contribution in [2.75, 3.05) is 7.11 Å². The molecule has 0 bridgehead atoms. The number of hydrogen-bond donors (Lipinski definition) is 8. The summed E-state index contributed by atoms with van der Waals surface area (Å²) in [5.74, 6) is 0. The van der Waals surface area contributed by atoms with Gasteiger partial charge < -0.3 is 82.1 Å². The molecular formula is C11H28CoLiNiO24P6+2. The van der Waals surface area contributed by atoms with Crippen LogP contribution in [0.15, 0.2) is 26.3 Å². The molecule has 33 heteroatoms. The minimum Gasteiger partial charge on any atom is -1.00 e. The Labute approximate surface area is 282 Å². The smallest absolute Gasteiger partial charge is 1.00 e. The molecule has 1 aliphatic rings. The number of phosphoric ester groups is 4. The molecule has 2 radical (unpaired) electrons. The van der Waals surface area contributed by atoms with Crippen molar-refractivity contribution in [3.8, 4) is 0 Å². The molecule has 1 rings (SSSR count). The molecule has 10 N–H and O–H groups in total. The molecule has 0 aromatic carbocycles. The Kier molecular flexibility index (Phi) is 26.4. The third kappa shape index (κ3) is 21.7. The zero-order valence-electron chi connectivity index (χ0n) is 22.8. The van der Waals surface area contributed by atoms with Crippen molar-refractivity contribution >= 4 is 65.8 Å². The van der Waals surface area contributed by atoms with E-state index in [0.29, 0.717) is 4.15 Å². The fourth-order valence-corrected chi connectivity index (χ4v) is 6.38. The number of rotatable bonds is 12. The minimum absolute atomic E-state index is 0. The first kappa shape index (κ1) is 55.2. The maximum Gasteiger partial charge on any atom is 3.00 e. The third-order valence-corrected chi connectivity index (χ3v) is 7.57. The molecular weight excluding hydrogens is 827 g/mol. The van der Waals surface area contributed by atoms with Crippen molar-refractivity contribution in [2.45, 2.75) is 36.6 Å². The maximum absolute atomic E-state index is 11.9. The first-order valence-electron chi connectivity index (χ1n) is 9.38.